The molecule has 5 heteroatoms. The molecule has 0 atom stereocenters. The number of anilines is 2. The van der Waals surface area contributed by atoms with E-state index >= 15 is 0 Å². The van der Waals surface area contributed by atoms with Crippen LogP contribution in [0.1, 0.15) is 31.8 Å². The van der Waals surface area contributed by atoms with E-state index in [1.165, 1.54) is 7.14 Å². The fourth-order valence-electron chi connectivity index (χ4n) is 3.22. The molecule has 0 aliphatic carbocycles. The van der Waals surface area contributed by atoms with E-state index < -0.39 is 0 Å². The summed E-state index contributed by atoms with van der Waals surface area (Å²) in [6, 6.07) is 31.1. The molecule has 0 aliphatic heterocycles. The van der Waals surface area contributed by atoms with E-state index in [9.17, 15) is 9.59 Å². The molecule has 0 heterocycles. The van der Waals surface area contributed by atoms with Crippen LogP contribution in [0.2, 0.25) is 0 Å². The number of carbonyl (C=O) groups is 2. The number of hydrogen-bond donors (Lipinski definition) is 2. The first-order valence-corrected chi connectivity index (χ1v) is 12.7. The number of benzene rings is 4. The third kappa shape index (κ3) is 6.29. The number of nitrogens with one attached hydrogen (secondary N) is 2. The summed E-state index contributed by atoms with van der Waals surface area (Å²) in [4.78, 5) is 24.9. The Hall–Kier alpha value is -3.45. The van der Waals surface area contributed by atoms with Crippen LogP contribution in [-0.2, 0) is 0 Å². The first-order chi connectivity index (χ1) is 16.0. The number of hydrogen-bond acceptors (Lipinski definition) is 2. The van der Waals surface area contributed by atoms with Gasteiger partial charge in [0.15, 0.2) is 0 Å². The molecule has 0 radical (unpaired) electrons. The molecule has 4 aromatic rings. The van der Waals surface area contributed by atoms with Crippen LogP contribution < -0.4 is 31.8 Å². The zero-order valence-electron chi connectivity index (χ0n) is 18.4. The Labute approximate surface area is 204 Å². The summed E-state index contributed by atoms with van der Waals surface area (Å²) in [5.41, 5.74) is 5.06. The van der Waals surface area contributed by atoms with Gasteiger partial charge >= 0.3 is 205 Å². The van der Waals surface area contributed by atoms with Gasteiger partial charge in [-0.25, -0.2) is 0 Å². The first kappa shape index (κ1) is 22.7. The molecule has 4 rings (SSSR count). The minimum absolute atomic E-state index is 0.111. The summed E-state index contributed by atoms with van der Waals surface area (Å²) >= 11 is -0.384. The Bertz CT molecular complexity index is 1260. The number of halogens is 1. The van der Waals surface area contributed by atoms with Crippen molar-refractivity contribution in [1.29, 1.82) is 0 Å². The SMILES string of the molecule is Cc1ccc(NC(=O)c2ccc([I-]c3ccc(NC(=O)c4cccc(C)c4)cc3)cc2)cc1. The van der Waals surface area contributed by atoms with Crippen LogP contribution in [0.4, 0.5) is 11.4 Å². The molecule has 0 fully saturated rings. The van der Waals surface area contributed by atoms with Crippen molar-refractivity contribution >= 4 is 23.2 Å². The van der Waals surface area contributed by atoms with Gasteiger partial charge in [-0.2, -0.15) is 0 Å². The van der Waals surface area contributed by atoms with Crippen LogP contribution >= 0.6 is 0 Å². The van der Waals surface area contributed by atoms with Crippen LogP contribution in [0.3, 0.4) is 0 Å². The van der Waals surface area contributed by atoms with Gasteiger partial charge in [0.25, 0.3) is 0 Å². The van der Waals surface area contributed by atoms with Crippen molar-refractivity contribution in [3.8, 4) is 0 Å². The molecule has 0 aliphatic rings. The van der Waals surface area contributed by atoms with E-state index in [4.69, 9.17) is 0 Å². The fourth-order valence-corrected chi connectivity index (χ4v) is 5.37. The standard InChI is InChI=1S/C28H24IN2O2/c1-19-6-14-25(15-7-19)30-27(32)21-8-10-23(11-9-21)29-24-12-16-26(17-13-24)31-28(33)22-5-3-4-20(2)18-22/h3-18H,1-2H3,(H,30,32)(H,31,33)/q-1. The van der Waals surface area contributed by atoms with Crippen LogP contribution in [-0.4, -0.2) is 11.8 Å². The van der Waals surface area contributed by atoms with Crippen molar-refractivity contribution in [3.05, 3.63) is 126 Å². The quantitative estimate of drug-likeness (QED) is 0.365. The summed E-state index contributed by atoms with van der Waals surface area (Å²) < 4.78 is 2.46. The van der Waals surface area contributed by atoms with Gasteiger partial charge in [-0.15, -0.1) is 0 Å². The van der Waals surface area contributed by atoms with Gasteiger partial charge in [-0.05, 0) is 0 Å². The molecule has 4 nitrogen and oxygen atoms in total. The van der Waals surface area contributed by atoms with Crippen LogP contribution in [0.15, 0.2) is 97.1 Å². The summed E-state index contributed by atoms with van der Waals surface area (Å²) in [6.45, 7) is 3.99. The third-order valence-electron chi connectivity index (χ3n) is 5.02. The maximum atomic E-state index is 12.5. The monoisotopic (exact) mass is 547 g/mol. The molecule has 0 saturated heterocycles. The third-order valence-corrected chi connectivity index (χ3v) is 7.70. The van der Waals surface area contributed by atoms with Gasteiger partial charge in [0.2, 0.25) is 0 Å². The molecule has 166 valence electrons. The number of aryl methyl sites for hydroxylation is 2. The zero-order valence-corrected chi connectivity index (χ0v) is 20.6. The van der Waals surface area contributed by atoms with E-state index in [2.05, 4.69) is 22.8 Å². The Morgan fingerprint density at radius 2 is 1.09 bits per heavy atom. The van der Waals surface area contributed by atoms with Crippen LogP contribution in [0.5, 0.6) is 0 Å². The van der Waals surface area contributed by atoms with Crippen molar-refractivity contribution in [1.82, 2.24) is 0 Å². The predicted molar refractivity (Wildman–Crippen MR) is 129 cm³/mol. The van der Waals surface area contributed by atoms with Gasteiger partial charge in [0, 0.05) is 0 Å². The number of carbonyl (C=O) groups excluding carboxylic acids is 2. The van der Waals surface area contributed by atoms with E-state index in [1.807, 2.05) is 98.8 Å². The van der Waals surface area contributed by atoms with E-state index in [1.54, 1.807) is 0 Å². The zero-order chi connectivity index (χ0) is 23.2. The Morgan fingerprint density at radius 3 is 1.67 bits per heavy atom. The molecular formula is C28H24IN2O2-. The number of amides is 2. The molecule has 2 amide bonds. The van der Waals surface area contributed by atoms with E-state index in [-0.39, 0.29) is 33.0 Å². The maximum absolute atomic E-state index is 12.5. The van der Waals surface area contributed by atoms with Gasteiger partial charge in [0.1, 0.15) is 0 Å². The molecule has 0 unspecified atom stereocenters. The molecule has 0 bridgehead atoms. The molecule has 4 aromatic carbocycles. The molecule has 0 aromatic heterocycles. The minimum atomic E-state index is -0.384. The first-order valence-electron chi connectivity index (χ1n) is 10.6. The average molecular weight is 547 g/mol. The Balaban J connectivity index is 1.34. The van der Waals surface area contributed by atoms with Crippen molar-refractivity contribution in [2.24, 2.45) is 0 Å². The molecule has 33 heavy (non-hydrogen) atoms. The van der Waals surface area contributed by atoms with Crippen molar-refractivity contribution in [2.75, 3.05) is 10.6 Å². The predicted octanol–water partition coefficient (Wildman–Crippen LogP) is 2.94. The summed E-state index contributed by atoms with van der Waals surface area (Å²) in [5.74, 6) is -0.224. The Kier molecular flexibility index (Phi) is 7.19. The van der Waals surface area contributed by atoms with Crippen molar-refractivity contribution in [3.63, 3.8) is 0 Å². The van der Waals surface area contributed by atoms with Gasteiger partial charge in [0.05, 0.1) is 0 Å². The van der Waals surface area contributed by atoms with Crippen molar-refractivity contribution < 1.29 is 30.8 Å². The molecule has 2 N–H and O–H groups in total. The van der Waals surface area contributed by atoms with Crippen molar-refractivity contribution in [2.45, 2.75) is 13.8 Å². The molecular weight excluding hydrogens is 523 g/mol. The van der Waals surface area contributed by atoms with Crippen LogP contribution in [0.25, 0.3) is 0 Å². The topological polar surface area (TPSA) is 58.2 Å². The summed E-state index contributed by atoms with van der Waals surface area (Å²) in [6.07, 6.45) is 0. The number of rotatable bonds is 6. The van der Waals surface area contributed by atoms with Gasteiger partial charge < -0.3 is 0 Å². The molecule has 0 saturated carbocycles. The second-order valence-electron chi connectivity index (χ2n) is 7.75. The van der Waals surface area contributed by atoms with E-state index in [0.29, 0.717) is 11.1 Å². The van der Waals surface area contributed by atoms with E-state index in [0.717, 1.165) is 22.5 Å². The summed E-state index contributed by atoms with van der Waals surface area (Å²) in [7, 11) is 0. The van der Waals surface area contributed by atoms with Gasteiger partial charge in [-0.1, -0.05) is 0 Å². The van der Waals surface area contributed by atoms with Gasteiger partial charge in [-0.3, -0.25) is 0 Å². The van der Waals surface area contributed by atoms with Crippen LogP contribution in [0, 0.1) is 21.0 Å². The second kappa shape index (κ2) is 10.4. The Morgan fingerprint density at radius 1 is 0.576 bits per heavy atom. The second-order valence-corrected chi connectivity index (χ2v) is 10.8. The average Bonchev–Trinajstić information content (AvgIpc) is 2.82. The molecule has 0 spiro atoms. The summed E-state index contributed by atoms with van der Waals surface area (Å²) in [5, 5.41) is 5.87. The normalized spacial score (nSPS) is 10.6. The fraction of sp³-hybridized carbons (Fsp3) is 0.0714.